The van der Waals surface area contributed by atoms with E-state index < -0.39 is 5.82 Å². The summed E-state index contributed by atoms with van der Waals surface area (Å²) >= 11 is 5.61. The molecule has 2 rings (SSSR count). The van der Waals surface area contributed by atoms with Crippen molar-refractivity contribution in [3.63, 3.8) is 0 Å². The van der Waals surface area contributed by atoms with Crippen molar-refractivity contribution in [1.82, 2.24) is 0 Å². The molecule has 3 nitrogen and oxygen atoms in total. The Balaban J connectivity index is 2.53. The summed E-state index contributed by atoms with van der Waals surface area (Å²) in [6.07, 6.45) is 0. The van der Waals surface area contributed by atoms with Gasteiger partial charge in [0.05, 0.1) is 5.69 Å². The fourth-order valence-corrected chi connectivity index (χ4v) is 1.31. The Morgan fingerprint density at radius 2 is 2.31 bits per heavy atom. The van der Waals surface area contributed by atoms with Crippen LogP contribution in [0, 0.1) is 5.82 Å². The van der Waals surface area contributed by atoms with Gasteiger partial charge in [-0.15, -0.1) is 0 Å². The van der Waals surface area contributed by atoms with Gasteiger partial charge in [-0.05, 0) is 12.1 Å². The van der Waals surface area contributed by atoms with Gasteiger partial charge in [-0.2, -0.15) is 0 Å². The molecule has 5 heteroatoms. The fourth-order valence-electron chi connectivity index (χ4n) is 1.10. The van der Waals surface area contributed by atoms with E-state index in [-0.39, 0.29) is 23.3 Å². The van der Waals surface area contributed by atoms with Crippen molar-refractivity contribution in [2.45, 2.75) is 0 Å². The number of carbonyl (C=O) groups is 1. The molecule has 0 bridgehead atoms. The monoisotopic (exact) mass is 201 g/mol. The van der Waals surface area contributed by atoms with Crippen molar-refractivity contribution in [2.75, 3.05) is 11.9 Å². The van der Waals surface area contributed by atoms with E-state index in [9.17, 15) is 9.18 Å². The molecule has 68 valence electrons. The highest BCUT2D eigenvalue weighted by atomic mass is 35.5. The van der Waals surface area contributed by atoms with Crippen LogP contribution in [0.2, 0.25) is 5.02 Å². The zero-order valence-corrected chi connectivity index (χ0v) is 7.19. The number of hydrogen-bond donors (Lipinski definition) is 1. The molecule has 0 radical (unpaired) electrons. The van der Waals surface area contributed by atoms with Crippen LogP contribution in [-0.4, -0.2) is 12.5 Å². The minimum atomic E-state index is -0.559. The molecular formula is C8H5ClFNO2. The third-order valence-electron chi connectivity index (χ3n) is 1.67. The van der Waals surface area contributed by atoms with E-state index in [1.807, 2.05) is 0 Å². The van der Waals surface area contributed by atoms with E-state index in [0.717, 1.165) is 0 Å². The van der Waals surface area contributed by atoms with Crippen LogP contribution in [0.15, 0.2) is 12.1 Å². The van der Waals surface area contributed by atoms with E-state index >= 15 is 0 Å². The lowest BCUT2D eigenvalue weighted by molar-refractivity contribution is -0.118. The average molecular weight is 202 g/mol. The van der Waals surface area contributed by atoms with Gasteiger partial charge in [0.15, 0.2) is 12.4 Å². The summed E-state index contributed by atoms with van der Waals surface area (Å²) < 4.78 is 17.8. The van der Waals surface area contributed by atoms with Crippen LogP contribution in [0.4, 0.5) is 10.1 Å². The lowest BCUT2D eigenvalue weighted by Crippen LogP contribution is -2.25. The number of benzene rings is 1. The van der Waals surface area contributed by atoms with Gasteiger partial charge in [-0.1, -0.05) is 11.6 Å². The van der Waals surface area contributed by atoms with E-state index in [4.69, 9.17) is 16.3 Å². The highest BCUT2D eigenvalue weighted by Crippen LogP contribution is 2.36. The zero-order valence-electron chi connectivity index (χ0n) is 6.43. The van der Waals surface area contributed by atoms with E-state index in [2.05, 4.69) is 5.32 Å². The van der Waals surface area contributed by atoms with Gasteiger partial charge in [0.25, 0.3) is 5.91 Å². The lowest BCUT2D eigenvalue weighted by Gasteiger charge is -2.18. The summed E-state index contributed by atoms with van der Waals surface area (Å²) in [6.45, 7) is -0.129. The average Bonchev–Trinajstić information content (AvgIpc) is 2.12. The molecule has 0 spiro atoms. The molecule has 13 heavy (non-hydrogen) atoms. The predicted molar refractivity (Wildman–Crippen MR) is 45.5 cm³/mol. The number of amides is 1. The molecule has 0 unspecified atom stereocenters. The topological polar surface area (TPSA) is 38.3 Å². The molecule has 0 saturated carbocycles. The molecule has 1 aromatic rings. The first-order valence-electron chi connectivity index (χ1n) is 3.59. The Kier molecular flexibility index (Phi) is 1.84. The van der Waals surface area contributed by atoms with Crippen LogP contribution in [0.1, 0.15) is 0 Å². The van der Waals surface area contributed by atoms with Crippen LogP contribution >= 0.6 is 11.6 Å². The third-order valence-corrected chi connectivity index (χ3v) is 2.02. The molecular weight excluding hydrogens is 197 g/mol. The molecule has 1 heterocycles. The number of halogens is 2. The van der Waals surface area contributed by atoms with E-state index in [1.54, 1.807) is 0 Å². The van der Waals surface area contributed by atoms with Crippen molar-refractivity contribution in [3.05, 3.63) is 23.0 Å². The predicted octanol–water partition coefficient (Wildman–Crippen LogP) is 1.81. The summed E-state index contributed by atoms with van der Waals surface area (Å²) in [6, 6.07) is 2.59. The molecule has 1 aliphatic heterocycles. The molecule has 0 fully saturated rings. The molecule has 1 amide bonds. The summed E-state index contributed by atoms with van der Waals surface area (Å²) in [5, 5.41) is 2.41. The standard InChI is InChI=1S/C8H5ClFNO2/c9-7-4(10)1-2-5-8(7)13-3-6(12)11-5/h1-2H,3H2,(H,11,12). The number of anilines is 1. The van der Waals surface area contributed by atoms with Crippen LogP contribution in [-0.2, 0) is 4.79 Å². The maximum atomic E-state index is 12.9. The highest BCUT2D eigenvalue weighted by Gasteiger charge is 2.20. The van der Waals surface area contributed by atoms with Gasteiger partial charge in [0, 0.05) is 0 Å². The Bertz CT molecular complexity index is 381. The van der Waals surface area contributed by atoms with Crippen molar-refractivity contribution < 1.29 is 13.9 Å². The van der Waals surface area contributed by atoms with Gasteiger partial charge in [0.1, 0.15) is 10.8 Å². The van der Waals surface area contributed by atoms with Crippen molar-refractivity contribution in [2.24, 2.45) is 0 Å². The maximum absolute atomic E-state index is 12.9. The summed E-state index contributed by atoms with van der Waals surface area (Å²) in [7, 11) is 0. The summed E-state index contributed by atoms with van der Waals surface area (Å²) in [5.74, 6) is -0.631. The number of hydrogen-bond acceptors (Lipinski definition) is 2. The SMILES string of the molecule is O=C1COc2c(ccc(F)c2Cl)N1. The fraction of sp³-hybridized carbons (Fsp3) is 0.125. The third kappa shape index (κ3) is 1.33. The van der Waals surface area contributed by atoms with Crippen molar-refractivity contribution >= 4 is 23.2 Å². The molecule has 1 aliphatic rings. The van der Waals surface area contributed by atoms with Crippen molar-refractivity contribution in [1.29, 1.82) is 0 Å². The first kappa shape index (κ1) is 8.31. The maximum Gasteiger partial charge on any atom is 0.262 e. The number of ether oxygens (including phenoxy) is 1. The number of carbonyl (C=O) groups excluding carboxylic acids is 1. The zero-order chi connectivity index (χ0) is 9.42. The van der Waals surface area contributed by atoms with Gasteiger partial charge in [-0.3, -0.25) is 4.79 Å². The molecule has 1 aromatic carbocycles. The normalized spacial score (nSPS) is 14.5. The largest absolute Gasteiger partial charge is 0.480 e. The second kappa shape index (κ2) is 2.88. The van der Waals surface area contributed by atoms with Crippen LogP contribution < -0.4 is 10.1 Å². The second-order valence-corrected chi connectivity index (χ2v) is 2.95. The van der Waals surface area contributed by atoms with Gasteiger partial charge >= 0.3 is 0 Å². The van der Waals surface area contributed by atoms with Crippen molar-refractivity contribution in [3.8, 4) is 5.75 Å². The number of rotatable bonds is 0. The highest BCUT2D eigenvalue weighted by molar-refractivity contribution is 6.33. The Morgan fingerprint density at radius 3 is 3.08 bits per heavy atom. The van der Waals surface area contributed by atoms with Crippen LogP contribution in [0.3, 0.4) is 0 Å². The quantitative estimate of drug-likeness (QED) is 0.695. The minimum absolute atomic E-state index is 0.0995. The first-order chi connectivity index (χ1) is 6.18. The van der Waals surface area contributed by atoms with Gasteiger partial charge in [0.2, 0.25) is 0 Å². The lowest BCUT2D eigenvalue weighted by atomic mass is 10.2. The molecule has 1 N–H and O–H groups in total. The molecule has 0 atom stereocenters. The van der Waals surface area contributed by atoms with Gasteiger partial charge < -0.3 is 10.1 Å². The summed E-state index contributed by atoms with van der Waals surface area (Å²) in [5.41, 5.74) is 0.405. The minimum Gasteiger partial charge on any atom is -0.480 e. The van der Waals surface area contributed by atoms with E-state index in [1.165, 1.54) is 12.1 Å². The van der Waals surface area contributed by atoms with Gasteiger partial charge in [-0.25, -0.2) is 4.39 Å². The smallest absolute Gasteiger partial charge is 0.262 e. The van der Waals surface area contributed by atoms with Crippen LogP contribution in [0.25, 0.3) is 0 Å². The summed E-state index contributed by atoms with van der Waals surface area (Å²) in [4.78, 5) is 10.8. The Hall–Kier alpha value is -1.29. The second-order valence-electron chi connectivity index (χ2n) is 2.57. The molecule has 0 saturated heterocycles. The number of fused-ring (bicyclic) bond motifs is 1. The Morgan fingerprint density at radius 1 is 1.54 bits per heavy atom. The number of nitrogens with one attached hydrogen (secondary N) is 1. The van der Waals surface area contributed by atoms with E-state index in [0.29, 0.717) is 5.69 Å². The first-order valence-corrected chi connectivity index (χ1v) is 3.97. The molecule has 0 aliphatic carbocycles. The van der Waals surface area contributed by atoms with Crippen LogP contribution in [0.5, 0.6) is 5.75 Å². The molecule has 0 aromatic heterocycles. The Labute approximate surface area is 78.4 Å².